The van der Waals surface area contributed by atoms with Gasteiger partial charge < -0.3 is 26.1 Å². The summed E-state index contributed by atoms with van der Waals surface area (Å²) in [6, 6.07) is 5.63. The molecule has 1 atom stereocenters. The highest BCUT2D eigenvalue weighted by molar-refractivity contribution is 8.02. The fraction of sp³-hybridized carbons (Fsp3) is 0.389. The van der Waals surface area contributed by atoms with Gasteiger partial charge in [0.2, 0.25) is 5.91 Å². The number of benzene rings is 1. The summed E-state index contributed by atoms with van der Waals surface area (Å²) >= 11 is 7.95. The highest BCUT2D eigenvalue weighted by Crippen LogP contribution is 2.30. The summed E-state index contributed by atoms with van der Waals surface area (Å²) in [5, 5.41) is 9.40. The second-order valence-electron chi connectivity index (χ2n) is 6.11. The Hall–Kier alpha value is -1.83. The molecule has 3 rings (SSSR count). The Bertz CT molecular complexity index is 817. The molecule has 2 heterocycles. The lowest BCUT2D eigenvalue weighted by molar-refractivity contribution is -0.124. The largest absolute Gasteiger partial charge is 0.486 e. The number of nitrogens with two attached hydrogens (primary N) is 1. The third-order valence-corrected chi connectivity index (χ3v) is 5.22. The van der Waals surface area contributed by atoms with E-state index in [9.17, 15) is 4.79 Å². The molecule has 0 saturated carbocycles. The van der Waals surface area contributed by atoms with E-state index >= 15 is 0 Å². The maximum atomic E-state index is 11.9. The van der Waals surface area contributed by atoms with Crippen LogP contribution in [0, 0.1) is 0 Å². The number of halogens is 1. The molecule has 1 amide bonds. The van der Waals surface area contributed by atoms with Gasteiger partial charge in [0, 0.05) is 22.7 Å². The first-order valence-electron chi connectivity index (χ1n) is 8.58. The minimum atomic E-state index is -0.0572. The third kappa shape index (κ3) is 4.66. The van der Waals surface area contributed by atoms with Crippen molar-refractivity contribution in [1.29, 1.82) is 0 Å². The molecule has 1 aromatic carbocycles. The molecule has 1 fully saturated rings. The van der Waals surface area contributed by atoms with Crippen LogP contribution in [0.4, 0.5) is 0 Å². The summed E-state index contributed by atoms with van der Waals surface area (Å²) in [6.07, 6.45) is 0.892. The topological polar surface area (TPSA) is 92.2 Å². The molecule has 8 heteroatoms. The molecule has 0 radical (unpaired) electrons. The van der Waals surface area contributed by atoms with Gasteiger partial charge in [0.1, 0.15) is 12.4 Å². The third-order valence-electron chi connectivity index (χ3n) is 4.12. The monoisotopic (exact) mass is 394 g/mol. The van der Waals surface area contributed by atoms with Gasteiger partial charge >= 0.3 is 0 Å². The summed E-state index contributed by atoms with van der Waals surface area (Å²) in [5.41, 5.74) is 8.38. The molecule has 2 aromatic rings. The van der Waals surface area contributed by atoms with Crippen LogP contribution in [0.15, 0.2) is 29.3 Å². The first kappa shape index (κ1) is 18.9. The van der Waals surface area contributed by atoms with E-state index in [1.807, 2.05) is 23.6 Å². The van der Waals surface area contributed by atoms with Gasteiger partial charge in [0.15, 0.2) is 0 Å². The van der Waals surface area contributed by atoms with Crippen molar-refractivity contribution in [3.05, 3.63) is 40.0 Å². The van der Waals surface area contributed by atoms with E-state index in [0.717, 1.165) is 35.3 Å². The van der Waals surface area contributed by atoms with E-state index in [0.29, 0.717) is 23.0 Å². The second kappa shape index (κ2) is 8.70. The van der Waals surface area contributed by atoms with Crippen LogP contribution in [0.1, 0.15) is 19.0 Å². The number of amides is 1. The van der Waals surface area contributed by atoms with Crippen LogP contribution in [-0.4, -0.2) is 35.8 Å². The van der Waals surface area contributed by atoms with Crippen molar-refractivity contribution in [2.24, 2.45) is 5.73 Å². The normalized spacial score (nSPS) is 17.2. The number of carbonyl (C=O) groups excluding carboxylic acids is 1. The molecule has 1 saturated heterocycles. The van der Waals surface area contributed by atoms with Crippen molar-refractivity contribution in [2.75, 3.05) is 18.9 Å². The lowest BCUT2D eigenvalue weighted by Gasteiger charge is -2.26. The maximum absolute atomic E-state index is 11.9. The molecule has 1 aromatic heterocycles. The Labute approximate surface area is 161 Å². The summed E-state index contributed by atoms with van der Waals surface area (Å²) in [7, 11) is 0. The van der Waals surface area contributed by atoms with E-state index in [-0.39, 0.29) is 18.6 Å². The van der Waals surface area contributed by atoms with Gasteiger partial charge in [-0.15, -0.1) is 11.8 Å². The maximum Gasteiger partial charge on any atom is 0.237 e. The fourth-order valence-electron chi connectivity index (χ4n) is 2.60. The van der Waals surface area contributed by atoms with Gasteiger partial charge in [0.25, 0.3) is 0 Å². The number of rotatable bonds is 8. The molecular weight excluding hydrogens is 372 g/mol. The Morgan fingerprint density at radius 3 is 3.00 bits per heavy atom. The number of hydrogen-bond donors (Lipinski definition) is 4. The predicted molar refractivity (Wildman–Crippen MR) is 107 cm³/mol. The minimum Gasteiger partial charge on any atom is -0.486 e. The summed E-state index contributed by atoms with van der Waals surface area (Å²) in [4.78, 5) is 15.2. The Morgan fingerprint density at radius 1 is 1.50 bits per heavy atom. The van der Waals surface area contributed by atoms with Crippen LogP contribution in [0.25, 0.3) is 10.9 Å². The molecule has 5 N–H and O–H groups in total. The number of hydrogen-bond acceptors (Lipinski definition) is 5. The van der Waals surface area contributed by atoms with Crippen molar-refractivity contribution in [2.45, 2.75) is 25.9 Å². The zero-order valence-electron chi connectivity index (χ0n) is 14.6. The number of nitrogens with one attached hydrogen (secondary N) is 3. The van der Waals surface area contributed by atoms with Crippen LogP contribution >= 0.6 is 23.4 Å². The Kier molecular flexibility index (Phi) is 6.34. The van der Waals surface area contributed by atoms with E-state index in [2.05, 4.69) is 22.5 Å². The lowest BCUT2D eigenvalue weighted by Crippen LogP contribution is -2.52. The van der Waals surface area contributed by atoms with Crippen LogP contribution in [0.3, 0.4) is 0 Å². The molecule has 1 unspecified atom stereocenters. The molecule has 26 heavy (non-hydrogen) atoms. The van der Waals surface area contributed by atoms with Gasteiger partial charge in [-0.3, -0.25) is 4.79 Å². The summed E-state index contributed by atoms with van der Waals surface area (Å²) < 4.78 is 5.73. The van der Waals surface area contributed by atoms with Crippen molar-refractivity contribution in [3.8, 4) is 5.75 Å². The van der Waals surface area contributed by atoms with E-state index < -0.39 is 0 Å². The smallest absolute Gasteiger partial charge is 0.237 e. The highest BCUT2D eigenvalue weighted by Gasteiger charge is 2.23. The first-order valence-corrected chi connectivity index (χ1v) is 10.0. The lowest BCUT2D eigenvalue weighted by atomic mass is 10.1. The molecule has 140 valence electrons. The quantitative estimate of drug-likeness (QED) is 0.552. The number of thioether (sulfide) groups is 1. The first-order chi connectivity index (χ1) is 12.6. The van der Waals surface area contributed by atoms with Crippen molar-refractivity contribution in [1.82, 2.24) is 15.6 Å². The molecular formula is C18H23ClN4O2S. The number of aromatic nitrogens is 1. The second-order valence-corrected chi connectivity index (χ2v) is 7.67. The number of carbonyl (C=O) groups is 1. The van der Waals surface area contributed by atoms with Crippen molar-refractivity contribution in [3.63, 3.8) is 0 Å². The highest BCUT2D eigenvalue weighted by atomic mass is 35.5. The van der Waals surface area contributed by atoms with Crippen LogP contribution in [0.2, 0.25) is 5.02 Å². The average Bonchev–Trinajstić information content (AvgIpc) is 2.96. The average molecular weight is 395 g/mol. The molecule has 6 nitrogen and oxygen atoms in total. The standard InChI is InChI=1S/C18H23ClN4O2S/c1-2-26-10-12(20)9-25-17-7-16-11(6-14(17)19)5-13(23-16)8-22-18(24)15-3-4-21-15/h5-7,10,15,21,23H,2-4,8-9,20H2,1H3,(H,22,24)/b12-10-. The Balaban J connectivity index is 1.64. The molecule has 0 spiro atoms. The molecule has 1 aliphatic rings. The number of fused-ring (bicyclic) bond motifs is 1. The number of ether oxygens (including phenoxy) is 1. The molecule has 0 bridgehead atoms. The van der Waals surface area contributed by atoms with Gasteiger partial charge in [-0.2, -0.15) is 0 Å². The van der Waals surface area contributed by atoms with E-state index in [4.69, 9.17) is 22.1 Å². The number of H-pyrrole nitrogens is 1. The number of aromatic amines is 1. The van der Waals surface area contributed by atoms with Gasteiger partial charge in [-0.05, 0) is 36.3 Å². The minimum absolute atomic E-state index is 0.0316. The van der Waals surface area contributed by atoms with Crippen molar-refractivity contribution >= 4 is 40.2 Å². The molecule has 0 aliphatic carbocycles. The molecule has 1 aliphatic heterocycles. The van der Waals surface area contributed by atoms with Crippen molar-refractivity contribution < 1.29 is 9.53 Å². The fourth-order valence-corrected chi connectivity index (χ4v) is 3.28. The summed E-state index contributed by atoms with van der Waals surface area (Å²) in [6.45, 7) is 3.70. The zero-order valence-corrected chi connectivity index (χ0v) is 16.2. The van der Waals surface area contributed by atoms with E-state index in [1.165, 1.54) is 0 Å². The predicted octanol–water partition coefficient (Wildman–Crippen LogP) is 2.73. The van der Waals surface area contributed by atoms with Crippen LogP contribution < -0.4 is 21.1 Å². The van der Waals surface area contributed by atoms with Gasteiger partial charge in [-0.25, -0.2) is 0 Å². The van der Waals surface area contributed by atoms with Gasteiger partial charge in [0.05, 0.1) is 23.3 Å². The van der Waals surface area contributed by atoms with Gasteiger partial charge in [-0.1, -0.05) is 18.5 Å². The van der Waals surface area contributed by atoms with E-state index in [1.54, 1.807) is 11.8 Å². The zero-order chi connectivity index (χ0) is 18.5. The van der Waals surface area contributed by atoms with Crippen LogP contribution in [0.5, 0.6) is 5.75 Å². The van der Waals surface area contributed by atoms with Crippen LogP contribution in [-0.2, 0) is 11.3 Å². The SMILES string of the molecule is CCS/C=C(\N)COc1cc2[nH]c(CNC(=O)C3CCN3)cc2cc1Cl. The Morgan fingerprint density at radius 2 is 2.31 bits per heavy atom. The summed E-state index contributed by atoms with van der Waals surface area (Å²) in [5.74, 6) is 1.57.